The van der Waals surface area contributed by atoms with Gasteiger partial charge >= 0.3 is 12.1 Å². The molecule has 2 N–H and O–H groups in total. The molecule has 0 saturated carbocycles. The Balaban J connectivity index is 0.000000339. The maximum Gasteiger partial charge on any atom is 0.490 e. The van der Waals surface area contributed by atoms with Crippen LogP contribution in [0.4, 0.5) is 13.2 Å². The van der Waals surface area contributed by atoms with Gasteiger partial charge in [-0.15, -0.1) is 11.3 Å². The van der Waals surface area contributed by atoms with Gasteiger partial charge in [-0.1, -0.05) is 6.07 Å². The van der Waals surface area contributed by atoms with Gasteiger partial charge in [0.15, 0.2) is 0 Å². The summed E-state index contributed by atoms with van der Waals surface area (Å²) < 4.78 is 33.8. The highest BCUT2D eigenvalue weighted by Gasteiger charge is 2.38. The number of nitrogens with zero attached hydrogens (tertiary/aromatic N) is 3. The van der Waals surface area contributed by atoms with Crippen molar-refractivity contribution in [2.24, 2.45) is 0 Å². The predicted octanol–water partition coefficient (Wildman–Crippen LogP) is 4.31. The SMILES string of the molecule is Cc1nccn1-c1ncccc1CNC1CCCc2sccc2C1.O=C(O)C(F)(F)F. The summed E-state index contributed by atoms with van der Waals surface area (Å²) in [6.07, 6.45) is 5.44. The van der Waals surface area contributed by atoms with E-state index in [4.69, 9.17) is 9.90 Å². The van der Waals surface area contributed by atoms with E-state index in [-0.39, 0.29) is 0 Å². The second-order valence-electron chi connectivity index (χ2n) is 7.18. The molecule has 0 aromatic carbocycles. The van der Waals surface area contributed by atoms with Crippen molar-refractivity contribution >= 4 is 17.3 Å². The number of aliphatic carboxylic acids is 1. The van der Waals surface area contributed by atoms with E-state index in [2.05, 4.69) is 37.4 Å². The van der Waals surface area contributed by atoms with Crippen LogP contribution in [0.15, 0.2) is 42.2 Å². The lowest BCUT2D eigenvalue weighted by Gasteiger charge is -2.18. The molecule has 0 amide bonds. The molecular formula is C21H23F3N4O2S. The molecule has 1 aliphatic carbocycles. The van der Waals surface area contributed by atoms with Gasteiger partial charge in [0.25, 0.3) is 0 Å². The first-order valence-corrected chi connectivity index (χ1v) is 10.7. The van der Waals surface area contributed by atoms with E-state index < -0.39 is 12.1 Å². The second-order valence-corrected chi connectivity index (χ2v) is 8.18. The molecule has 1 aliphatic rings. The van der Waals surface area contributed by atoms with Crippen LogP contribution in [0.1, 0.15) is 34.7 Å². The first-order valence-electron chi connectivity index (χ1n) is 9.78. The molecule has 10 heteroatoms. The lowest BCUT2D eigenvalue weighted by molar-refractivity contribution is -0.192. The summed E-state index contributed by atoms with van der Waals surface area (Å²) in [7, 11) is 0. The van der Waals surface area contributed by atoms with Crippen molar-refractivity contribution in [3.8, 4) is 5.82 Å². The number of aryl methyl sites for hydroxylation is 2. The number of fused-ring (bicyclic) bond motifs is 1. The van der Waals surface area contributed by atoms with Gasteiger partial charge in [-0.25, -0.2) is 14.8 Å². The number of aromatic nitrogens is 3. The Labute approximate surface area is 181 Å². The van der Waals surface area contributed by atoms with Crippen LogP contribution in [0.5, 0.6) is 0 Å². The van der Waals surface area contributed by atoms with Crippen molar-refractivity contribution in [2.75, 3.05) is 0 Å². The highest BCUT2D eigenvalue weighted by Crippen LogP contribution is 2.25. The first kappa shape index (κ1) is 23.0. The van der Waals surface area contributed by atoms with E-state index in [1.165, 1.54) is 30.4 Å². The number of nitrogens with one attached hydrogen (secondary N) is 1. The molecule has 166 valence electrons. The number of thiophene rings is 1. The van der Waals surface area contributed by atoms with Gasteiger partial charge in [0, 0.05) is 41.6 Å². The molecule has 0 fully saturated rings. The summed E-state index contributed by atoms with van der Waals surface area (Å²) in [6, 6.07) is 7.00. The van der Waals surface area contributed by atoms with Gasteiger partial charge in [0.2, 0.25) is 0 Å². The van der Waals surface area contributed by atoms with Gasteiger partial charge < -0.3 is 10.4 Å². The average Bonchev–Trinajstić information content (AvgIpc) is 3.30. The molecule has 1 unspecified atom stereocenters. The predicted molar refractivity (Wildman–Crippen MR) is 111 cm³/mol. The highest BCUT2D eigenvalue weighted by molar-refractivity contribution is 7.10. The van der Waals surface area contributed by atoms with Gasteiger partial charge in [0.05, 0.1) is 0 Å². The Morgan fingerprint density at radius 3 is 2.77 bits per heavy atom. The summed E-state index contributed by atoms with van der Waals surface area (Å²) in [5.41, 5.74) is 2.75. The van der Waals surface area contributed by atoms with Crippen LogP contribution in [0.25, 0.3) is 5.82 Å². The number of imidazole rings is 1. The van der Waals surface area contributed by atoms with E-state index in [1.807, 2.05) is 42.9 Å². The van der Waals surface area contributed by atoms with E-state index >= 15 is 0 Å². The fourth-order valence-electron chi connectivity index (χ4n) is 3.46. The molecular weight excluding hydrogens is 429 g/mol. The van der Waals surface area contributed by atoms with E-state index in [1.54, 1.807) is 4.88 Å². The third kappa shape index (κ3) is 6.14. The third-order valence-corrected chi connectivity index (χ3v) is 6.03. The molecule has 3 heterocycles. The van der Waals surface area contributed by atoms with Gasteiger partial charge in [-0.3, -0.25) is 4.57 Å². The molecule has 31 heavy (non-hydrogen) atoms. The zero-order valence-electron chi connectivity index (χ0n) is 16.9. The summed E-state index contributed by atoms with van der Waals surface area (Å²) in [5.74, 6) is -0.815. The van der Waals surface area contributed by atoms with Crippen LogP contribution >= 0.6 is 11.3 Å². The Morgan fingerprint density at radius 1 is 1.32 bits per heavy atom. The quantitative estimate of drug-likeness (QED) is 0.577. The van der Waals surface area contributed by atoms with Crippen molar-refractivity contribution in [3.63, 3.8) is 0 Å². The fourth-order valence-corrected chi connectivity index (χ4v) is 4.42. The standard InChI is InChI=1S/C19H22N4S.C2HF3O2/c1-14-20-9-10-23(14)19-16(4-3-8-21-19)13-22-17-5-2-6-18-15(12-17)7-11-24-18;3-2(4,5)1(6)7/h3-4,7-11,17,22H,2,5-6,12-13H2,1H3;(H,6,7). The number of alkyl halides is 3. The molecule has 0 radical (unpaired) electrons. The number of rotatable bonds is 4. The Bertz CT molecular complexity index is 1020. The van der Waals surface area contributed by atoms with Crippen molar-refractivity contribution in [2.45, 2.75) is 51.4 Å². The molecule has 0 spiro atoms. The summed E-state index contributed by atoms with van der Waals surface area (Å²) in [4.78, 5) is 19.4. The van der Waals surface area contributed by atoms with Crippen molar-refractivity contribution < 1.29 is 23.1 Å². The smallest absolute Gasteiger partial charge is 0.475 e. The Morgan fingerprint density at radius 2 is 2.10 bits per heavy atom. The van der Waals surface area contributed by atoms with Crippen LogP contribution in [0.3, 0.4) is 0 Å². The highest BCUT2D eigenvalue weighted by atomic mass is 32.1. The molecule has 1 atom stereocenters. The number of hydrogen-bond donors (Lipinski definition) is 2. The van der Waals surface area contributed by atoms with Crippen molar-refractivity contribution in [3.05, 3.63) is 64.0 Å². The summed E-state index contributed by atoms with van der Waals surface area (Å²) in [5, 5.41) is 13.1. The monoisotopic (exact) mass is 452 g/mol. The van der Waals surface area contributed by atoms with Gasteiger partial charge in [-0.05, 0) is 55.7 Å². The molecule has 6 nitrogen and oxygen atoms in total. The largest absolute Gasteiger partial charge is 0.490 e. The maximum absolute atomic E-state index is 10.6. The topological polar surface area (TPSA) is 80.0 Å². The third-order valence-electron chi connectivity index (χ3n) is 5.01. The van der Waals surface area contributed by atoms with Crippen LogP contribution in [0.2, 0.25) is 0 Å². The molecule has 3 aromatic rings. The average molecular weight is 453 g/mol. The number of carboxylic acid groups (broad SMARTS) is 1. The van der Waals surface area contributed by atoms with Crippen LogP contribution < -0.4 is 5.32 Å². The first-order chi connectivity index (χ1) is 14.8. The fraction of sp³-hybridized carbons (Fsp3) is 0.381. The van der Waals surface area contributed by atoms with Crippen molar-refractivity contribution in [1.82, 2.24) is 19.9 Å². The number of hydrogen-bond acceptors (Lipinski definition) is 5. The lowest BCUT2D eigenvalue weighted by atomic mass is 10.1. The molecule has 0 aliphatic heterocycles. The minimum atomic E-state index is -5.08. The number of pyridine rings is 1. The number of carboxylic acids is 1. The minimum Gasteiger partial charge on any atom is -0.475 e. The Hall–Kier alpha value is -2.72. The molecule has 0 bridgehead atoms. The molecule has 0 saturated heterocycles. The van der Waals surface area contributed by atoms with Crippen molar-refractivity contribution in [1.29, 1.82) is 0 Å². The zero-order chi connectivity index (χ0) is 22.4. The number of carbonyl (C=O) groups is 1. The zero-order valence-corrected chi connectivity index (χ0v) is 17.7. The van der Waals surface area contributed by atoms with Crippen LogP contribution in [0, 0.1) is 6.92 Å². The second kappa shape index (κ2) is 10.1. The summed E-state index contributed by atoms with van der Waals surface area (Å²) in [6.45, 7) is 2.85. The van der Waals surface area contributed by atoms with Crippen LogP contribution in [-0.4, -0.2) is 37.8 Å². The lowest BCUT2D eigenvalue weighted by Crippen LogP contribution is -2.30. The van der Waals surface area contributed by atoms with Crippen LogP contribution in [-0.2, 0) is 24.2 Å². The summed E-state index contributed by atoms with van der Waals surface area (Å²) >= 11 is 1.91. The minimum absolute atomic E-state index is 0.540. The normalized spacial score (nSPS) is 16.1. The molecule has 4 rings (SSSR count). The Kier molecular flexibility index (Phi) is 7.45. The number of halogens is 3. The van der Waals surface area contributed by atoms with Gasteiger partial charge in [0.1, 0.15) is 11.6 Å². The van der Waals surface area contributed by atoms with Gasteiger partial charge in [-0.2, -0.15) is 13.2 Å². The molecule has 3 aromatic heterocycles. The maximum atomic E-state index is 10.6. The van der Waals surface area contributed by atoms with E-state index in [0.29, 0.717) is 6.04 Å². The van der Waals surface area contributed by atoms with E-state index in [9.17, 15) is 13.2 Å². The van der Waals surface area contributed by atoms with E-state index in [0.717, 1.165) is 24.6 Å².